The standard InChI is InChI=1S/C21H14F2N4O/c22-15-6-7-17(16(23)12-15)26-19-11-14(8-10-24-19)21(28)27-18-5-1-3-13-4-2-9-25-20(13)18/h1-12H,(H,24,26)(H,27,28). The molecule has 0 aliphatic carbocycles. The van der Waals surface area contributed by atoms with Crippen LogP contribution in [0, 0.1) is 11.6 Å². The SMILES string of the molecule is O=C(Nc1cccc2cccnc12)c1ccnc(Nc2ccc(F)cc2F)c1. The Morgan fingerprint density at radius 2 is 1.71 bits per heavy atom. The lowest BCUT2D eigenvalue weighted by molar-refractivity contribution is 0.102. The second-order valence-electron chi connectivity index (χ2n) is 6.01. The van der Waals surface area contributed by atoms with E-state index in [1.54, 1.807) is 18.3 Å². The Balaban J connectivity index is 1.57. The molecule has 0 saturated heterocycles. The van der Waals surface area contributed by atoms with Gasteiger partial charge >= 0.3 is 0 Å². The van der Waals surface area contributed by atoms with Crippen LogP contribution in [0.15, 0.2) is 73.1 Å². The molecule has 0 atom stereocenters. The number of para-hydroxylation sites is 1. The summed E-state index contributed by atoms with van der Waals surface area (Å²) in [6, 6.07) is 15.4. The van der Waals surface area contributed by atoms with Crippen molar-refractivity contribution in [1.82, 2.24) is 9.97 Å². The van der Waals surface area contributed by atoms with Crippen LogP contribution in [0.4, 0.5) is 26.0 Å². The monoisotopic (exact) mass is 376 g/mol. The molecular weight excluding hydrogens is 362 g/mol. The van der Waals surface area contributed by atoms with Crippen LogP contribution in [0.5, 0.6) is 0 Å². The van der Waals surface area contributed by atoms with Gasteiger partial charge in [-0.25, -0.2) is 13.8 Å². The maximum Gasteiger partial charge on any atom is 0.255 e. The third-order valence-corrected chi connectivity index (χ3v) is 4.10. The van der Waals surface area contributed by atoms with Crippen LogP contribution in [0.25, 0.3) is 10.9 Å². The third kappa shape index (κ3) is 3.64. The molecule has 4 rings (SSSR count). The van der Waals surface area contributed by atoms with Crippen molar-refractivity contribution in [3.63, 3.8) is 0 Å². The zero-order chi connectivity index (χ0) is 19.5. The van der Waals surface area contributed by atoms with Gasteiger partial charge in [-0.3, -0.25) is 9.78 Å². The van der Waals surface area contributed by atoms with Gasteiger partial charge in [0.05, 0.1) is 16.9 Å². The van der Waals surface area contributed by atoms with Gasteiger partial charge in [-0.2, -0.15) is 0 Å². The second-order valence-corrected chi connectivity index (χ2v) is 6.01. The molecule has 0 bridgehead atoms. The molecule has 0 aliphatic heterocycles. The Hall–Kier alpha value is -3.87. The molecule has 0 saturated carbocycles. The van der Waals surface area contributed by atoms with E-state index in [0.717, 1.165) is 17.5 Å². The fourth-order valence-electron chi connectivity index (χ4n) is 2.77. The lowest BCUT2D eigenvalue weighted by Gasteiger charge is -2.10. The van der Waals surface area contributed by atoms with Crippen molar-refractivity contribution in [2.45, 2.75) is 0 Å². The summed E-state index contributed by atoms with van der Waals surface area (Å²) < 4.78 is 26.8. The highest BCUT2D eigenvalue weighted by atomic mass is 19.1. The number of nitrogens with one attached hydrogen (secondary N) is 2. The number of nitrogens with zero attached hydrogens (tertiary/aromatic N) is 2. The van der Waals surface area contributed by atoms with Gasteiger partial charge in [-0.15, -0.1) is 0 Å². The molecule has 0 spiro atoms. The van der Waals surface area contributed by atoms with Gasteiger partial charge in [0.15, 0.2) is 0 Å². The maximum atomic E-state index is 13.8. The zero-order valence-electron chi connectivity index (χ0n) is 14.5. The normalized spacial score (nSPS) is 10.6. The van der Waals surface area contributed by atoms with E-state index in [1.807, 2.05) is 24.3 Å². The van der Waals surface area contributed by atoms with Gasteiger partial charge in [-0.1, -0.05) is 18.2 Å². The van der Waals surface area contributed by atoms with E-state index in [1.165, 1.54) is 18.3 Å². The highest BCUT2D eigenvalue weighted by molar-refractivity contribution is 6.08. The molecule has 4 aromatic rings. The van der Waals surface area contributed by atoms with Crippen molar-refractivity contribution in [2.75, 3.05) is 10.6 Å². The number of rotatable bonds is 4. The van der Waals surface area contributed by atoms with E-state index in [-0.39, 0.29) is 17.4 Å². The van der Waals surface area contributed by atoms with Crippen molar-refractivity contribution in [2.24, 2.45) is 0 Å². The van der Waals surface area contributed by atoms with Crippen LogP contribution < -0.4 is 10.6 Å². The quantitative estimate of drug-likeness (QED) is 0.531. The largest absolute Gasteiger partial charge is 0.338 e. The lowest BCUT2D eigenvalue weighted by Crippen LogP contribution is -2.13. The molecule has 0 aliphatic rings. The molecule has 0 unspecified atom stereocenters. The number of halogens is 2. The Labute approximate surface area is 159 Å². The van der Waals surface area contributed by atoms with E-state index >= 15 is 0 Å². The molecule has 2 aromatic heterocycles. The number of aromatic nitrogens is 2. The first-order valence-corrected chi connectivity index (χ1v) is 8.43. The minimum absolute atomic E-state index is 0.0599. The number of amides is 1. The number of fused-ring (bicyclic) bond motifs is 1. The van der Waals surface area contributed by atoms with Crippen LogP contribution in [0.1, 0.15) is 10.4 Å². The van der Waals surface area contributed by atoms with Crippen LogP contribution in [0.2, 0.25) is 0 Å². The van der Waals surface area contributed by atoms with E-state index in [2.05, 4.69) is 20.6 Å². The van der Waals surface area contributed by atoms with Crippen LogP contribution in [-0.2, 0) is 0 Å². The molecule has 2 N–H and O–H groups in total. The molecule has 0 radical (unpaired) electrons. The predicted octanol–water partition coefficient (Wildman–Crippen LogP) is 4.90. The lowest BCUT2D eigenvalue weighted by atomic mass is 10.1. The summed E-state index contributed by atoms with van der Waals surface area (Å²) in [6.45, 7) is 0. The van der Waals surface area contributed by atoms with Gasteiger partial charge in [0.25, 0.3) is 5.91 Å². The van der Waals surface area contributed by atoms with Crippen molar-refractivity contribution in [3.8, 4) is 0 Å². The first kappa shape index (κ1) is 17.5. The Bertz CT molecular complexity index is 1170. The van der Waals surface area contributed by atoms with Gasteiger partial charge in [0, 0.05) is 29.4 Å². The van der Waals surface area contributed by atoms with Gasteiger partial charge < -0.3 is 10.6 Å². The number of carbonyl (C=O) groups is 1. The smallest absolute Gasteiger partial charge is 0.255 e. The van der Waals surface area contributed by atoms with Crippen molar-refractivity contribution >= 4 is 34.0 Å². The predicted molar refractivity (Wildman–Crippen MR) is 104 cm³/mol. The van der Waals surface area contributed by atoms with Gasteiger partial charge in [0.1, 0.15) is 17.5 Å². The van der Waals surface area contributed by atoms with Crippen LogP contribution >= 0.6 is 0 Å². The molecule has 28 heavy (non-hydrogen) atoms. The first-order valence-electron chi connectivity index (χ1n) is 8.43. The highest BCUT2D eigenvalue weighted by Gasteiger charge is 2.11. The fraction of sp³-hybridized carbons (Fsp3) is 0. The maximum absolute atomic E-state index is 13.8. The number of carbonyl (C=O) groups excluding carboxylic acids is 1. The third-order valence-electron chi connectivity index (χ3n) is 4.10. The first-order chi connectivity index (χ1) is 13.6. The summed E-state index contributed by atoms with van der Waals surface area (Å²) in [5.41, 5.74) is 1.65. The summed E-state index contributed by atoms with van der Waals surface area (Å²) in [5, 5.41) is 6.48. The topological polar surface area (TPSA) is 66.9 Å². The fourth-order valence-corrected chi connectivity index (χ4v) is 2.77. The van der Waals surface area contributed by atoms with E-state index in [0.29, 0.717) is 16.8 Å². The van der Waals surface area contributed by atoms with Crippen molar-refractivity contribution in [1.29, 1.82) is 0 Å². The summed E-state index contributed by atoms with van der Waals surface area (Å²) in [7, 11) is 0. The number of anilines is 3. The summed E-state index contributed by atoms with van der Waals surface area (Å²) in [4.78, 5) is 21.0. The van der Waals surface area contributed by atoms with Gasteiger partial charge in [0.2, 0.25) is 0 Å². The zero-order valence-corrected chi connectivity index (χ0v) is 14.5. The average molecular weight is 376 g/mol. The molecule has 7 heteroatoms. The Kier molecular flexibility index (Phi) is 4.63. The average Bonchev–Trinajstić information content (AvgIpc) is 2.71. The highest BCUT2D eigenvalue weighted by Crippen LogP contribution is 2.23. The number of benzene rings is 2. The molecule has 2 heterocycles. The Morgan fingerprint density at radius 3 is 2.57 bits per heavy atom. The summed E-state index contributed by atoms with van der Waals surface area (Å²) in [5.74, 6) is -1.52. The van der Waals surface area contributed by atoms with E-state index in [9.17, 15) is 13.6 Å². The Morgan fingerprint density at radius 1 is 0.857 bits per heavy atom. The molecule has 0 fully saturated rings. The molecular formula is C21H14F2N4O. The molecule has 5 nitrogen and oxygen atoms in total. The van der Waals surface area contributed by atoms with Crippen molar-refractivity contribution < 1.29 is 13.6 Å². The summed E-state index contributed by atoms with van der Waals surface area (Å²) >= 11 is 0. The van der Waals surface area contributed by atoms with Crippen LogP contribution in [0.3, 0.4) is 0 Å². The molecule has 2 aromatic carbocycles. The minimum atomic E-state index is -0.751. The van der Waals surface area contributed by atoms with Gasteiger partial charge in [-0.05, 0) is 36.4 Å². The molecule has 138 valence electrons. The second kappa shape index (κ2) is 7.40. The van der Waals surface area contributed by atoms with E-state index in [4.69, 9.17) is 0 Å². The van der Waals surface area contributed by atoms with Crippen molar-refractivity contribution in [3.05, 3.63) is 90.3 Å². The number of hydrogen-bond acceptors (Lipinski definition) is 4. The number of pyridine rings is 2. The molecule has 1 amide bonds. The summed E-state index contributed by atoms with van der Waals surface area (Å²) in [6.07, 6.45) is 3.09. The number of hydrogen-bond donors (Lipinski definition) is 2. The van der Waals surface area contributed by atoms with Crippen LogP contribution in [-0.4, -0.2) is 15.9 Å². The minimum Gasteiger partial charge on any atom is -0.338 e. The van der Waals surface area contributed by atoms with E-state index < -0.39 is 11.6 Å².